The Morgan fingerprint density at radius 3 is 2.28 bits per heavy atom. The minimum atomic E-state index is -0.850. The van der Waals surface area contributed by atoms with E-state index in [2.05, 4.69) is 11.1 Å². The van der Waals surface area contributed by atoms with E-state index in [1.165, 1.54) is 0 Å². The van der Waals surface area contributed by atoms with Crippen molar-refractivity contribution in [3.05, 3.63) is 78.0 Å². The normalized spacial score (nSPS) is 16.8. The topological polar surface area (TPSA) is 115 Å². The van der Waals surface area contributed by atoms with E-state index in [1.54, 1.807) is 27.7 Å². The van der Waals surface area contributed by atoms with Crippen LogP contribution in [0.25, 0.3) is 28.2 Å². The summed E-state index contributed by atoms with van der Waals surface area (Å²) in [6, 6.07) is 20.7. The van der Waals surface area contributed by atoms with Gasteiger partial charge in [-0.15, -0.1) is 0 Å². The van der Waals surface area contributed by atoms with Gasteiger partial charge in [0.15, 0.2) is 5.65 Å². The summed E-state index contributed by atoms with van der Waals surface area (Å²) in [7, 11) is 0. The number of hydrogen-bond acceptors (Lipinski definition) is 5. The number of aromatic nitrogens is 3. The maximum Gasteiger partial charge on any atom is 0.407 e. The van der Waals surface area contributed by atoms with Crippen molar-refractivity contribution in [3.8, 4) is 28.6 Å². The summed E-state index contributed by atoms with van der Waals surface area (Å²) in [4.78, 5) is 33.0. The molecule has 0 unspecified atom stereocenters. The first-order valence-electron chi connectivity index (χ1n) is 13.2. The van der Waals surface area contributed by atoms with Gasteiger partial charge in [-0.25, -0.2) is 14.3 Å². The first-order chi connectivity index (χ1) is 19.0. The lowest BCUT2D eigenvalue weighted by molar-refractivity contribution is 0.00407. The van der Waals surface area contributed by atoms with Gasteiger partial charge in [0.05, 0.1) is 29.2 Å². The molecule has 0 aliphatic carbocycles. The molecule has 1 N–H and O–H groups in total. The minimum absolute atomic E-state index is 0.0322. The molecule has 2 aliphatic rings. The number of likely N-dealkylation sites (tertiary alicyclic amines) is 2. The van der Waals surface area contributed by atoms with Crippen LogP contribution in [0.2, 0.25) is 0 Å². The van der Waals surface area contributed by atoms with Crippen molar-refractivity contribution in [3.63, 3.8) is 0 Å². The molecule has 39 heavy (non-hydrogen) atoms. The van der Waals surface area contributed by atoms with E-state index in [1.807, 2.05) is 53.4 Å². The highest BCUT2D eigenvalue weighted by molar-refractivity contribution is 5.94. The van der Waals surface area contributed by atoms with Crippen LogP contribution in [0.1, 0.15) is 48.0 Å². The zero-order valence-corrected chi connectivity index (χ0v) is 21.5. The van der Waals surface area contributed by atoms with Crippen LogP contribution in [0.3, 0.4) is 0 Å². The molecule has 4 aromatic rings. The molecule has 2 aromatic carbocycles. The Balaban J connectivity index is 1.18. The highest BCUT2D eigenvalue weighted by Crippen LogP contribution is 2.37. The van der Waals surface area contributed by atoms with Crippen molar-refractivity contribution in [2.75, 3.05) is 19.6 Å². The van der Waals surface area contributed by atoms with Crippen LogP contribution in [-0.4, -0.2) is 66.7 Å². The Kier molecular flexibility index (Phi) is 6.23. The number of fused-ring (bicyclic) bond motifs is 1. The molecular weight excluding hydrogens is 492 g/mol. The summed E-state index contributed by atoms with van der Waals surface area (Å²) in [6.07, 6.45) is 5.09. The number of benzene rings is 2. The maximum atomic E-state index is 13.3. The molecule has 4 heterocycles. The molecule has 2 aliphatic heterocycles. The molecule has 2 amide bonds. The third kappa shape index (κ3) is 4.48. The fraction of sp³-hybridized carbons (Fsp3) is 0.300. The van der Waals surface area contributed by atoms with Crippen LogP contribution in [-0.2, 0) is 0 Å². The average molecular weight is 521 g/mol. The number of carbonyl (C=O) groups is 2. The van der Waals surface area contributed by atoms with E-state index in [-0.39, 0.29) is 11.4 Å². The highest BCUT2D eigenvalue weighted by atomic mass is 16.4. The van der Waals surface area contributed by atoms with E-state index in [9.17, 15) is 14.7 Å². The molecular formula is C30H28N6O3. The first-order valence-corrected chi connectivity index (χ1v) is 13.2. The predicted octanol–water partition coefficient (Wildman–Crippen LogP) is 5.07. The molecule has 0 radical (unpaired) electrons. The SMILES string of the molecule is N#Cc1ccc(-c2cnc3ccc(-c4ccc(C(=O)N5CCC6(CCCCN6C(=O)O)CC5)cc4)nn23)cc1. The second kappa shape index (κ2) is 9.87. The lowest BCUT2D eigenvalue weighted by Gasteiger charge is -2.50. The van der Waals surface area contributed by atoms with Gasteiger partial charge in [-0.3, -0.25) is 4.79 Å². The molecule has 9 nitrogen and oxygen atoms in total. The Bertz CT molecular complexity index is 1580. The van der Waals surface area contributed by atoms with Crippen LogP contribution in [0, 0.1) is 11.3 Å². The molecule has 196 valence electrons. The second-order valence-corrected chi connectivity index (χ2v) is 10.3. The smallest absolute Gasteiger partial charge is 0.407 e. The molecule has 9 heteroatoms. The van der Waals surface area contributed by atoms with Gasteiger partial charge in [0, 0.05) is 41.9 Å². The maximum absolute atomic E-state index is 13.3. The number of hydrogen-bond donors (Lipinski definition) is 1. The fourth-order valence-corrected chi connectivity index (χ4v) is 5.95. The van der Waals surface area contributed by atoms with Crippen LogP contribution in [0.15, 0.2) is 66.9 Å². The van der Waals surface area contributed by atoms with E-state index in [0.29, 0.717) is 49.2 Å². The number of carboxylic acid groups (broad SMARTS) is 1. The largest absolute Gasteiger partial charge is 0.465 e. The first kappa shape index (κ1) is 24.6. The van der Waals surface area contributed by atoms with Crippen LogP contribution < -0.4 is 0 Å². The average Bonchev–Trinajstić information content (AvgIpc) is 3.41. The Morgan fingerprint density at radius 2 is 1.59 bits per heavy atom. The standard InChI is InChI=1S/C30H28N6O3/c31-19-21-3-5-23(6-4-21)26-20-32-27-12-11-25(33-36(26)27)22-7-9-24(10-8-22)28(37)34-17-14-30(15-18-34)13-1-2-16-35(30)29(38)39/h3-12,20H,1-2,13-18H2,(H,38,39). The van der Waals surface area contributed by atoms with Gasteiger partial charge >= 0.3 is 6.09 Å². The van der Waals surface area contributed by atoms with Gasteiger partial charge in [0.2, 0.25) is 0 Å². The summed E-state index contributed by atoms with van der Waals surface area (Å²) >= 11 is 0. The summed E-state index contributed by atoms with van der Waals surface area (Å²) in [6.45, 7) is 1.70. The number of piperidine rings is 2. The van der Waals surface area contributed by atoms with E-state index in [0.717, 1.165) is 41.8 Å². The van der Waals surface area contributed by atoms with E-state index in [4.69, 9.17) is 10.4 Å². The van der Waals surface area contributed by atoms with Crippen molar-refractivity contribution >= 4 is 17.6 Å². The van der Waals surface area contributed by atoms with Crippen molar-refractivity contribution in [2.45, 2.75) is 37.6 Å². The van der Waals surface area contributed by atoms with Gasteiger partial charge in [-0.05, 0) is 68.5 Å². The predicted molar refractivity (Wildman–Crippen MR) is 145 cm³/mol. The van der Waals surface area contributed by atoms with Gasteiger partial charge in [0.25, 0.3) is 5.91 Å². The van der Waals surface area contributed by atoms with E-state index >= 15 is 0 Å². The van der Waals surface area contributed by atoms with Crippen molar-refractivity contribution in [1.82, 2.24) is 24.4 Å². The summed E-state index contributed by atoms with van der Waals surface area (Å²) in [5.74, 6) is -0.0322. The lowest BCUT2D eigenvalue weighted by Crippen LogP contribution is -2.59. The van der Waals surface area contributed by atoms with Gasteiger partial charge in [0.1, 0.15) is 0 Å². The van der Waals surface area contributed by atoms with Gasteiger partial charge in [-0.2, -0.15) is 10.4 Å². The van der Waals surface area contributed by atoms with Gasteiger partial charge in [-0.1, -0.05) is 24.3 Å². The summed E-state index contributed by atoms with van der Waals surface area (Å²) < 4.78 is 1.78. The third-order valence-electron chi connectivity index (χ3n) is 8.16. The lowest BCUT2D eigenvalue weighted by atomic mass is 9.78. The summed E-state index contributed by atoms with van der Waals surface area (Å²) in [5, 5.41) is 23.6. The Hall–Kier alpha value is -4.71. The zero-order valence-electron chi connectivity index (χ0n) is 21.5. The second-order valence-electron chi connectivity index (χ2n) is 10.3. The van der Waals surface area contributed by atoms with Gasteiger partial charge < -0.3 is 14.9 Å². The molecule has 1 spiro atoms. The number of nitrogens with zero attached hydrogens (tertiary/aromatic N) is 6. The highest BCUT2D eigenvalue weighted by Gasteiger charge is 2.44. The monoisotopic (exact) mass is 520 g/mol. The van der Waals surface area contributed by atoms with E-state index < -0.39 is 6.09 Å². The Morgan fingerprint density at radius 1 is 0.872 bits per heavy atom. The minimum Gasteiger partial charge on any atom is -0.465 e. The quantitative estimate of drug-likeness (QED) is 0.403. The molecule has 6 rings (SSSR count). The number of carbonyl (C=O) groups excluding carboxylic acids is 1. The van der Waals surface area contributed by atoms with Crippen molar-refractivity contribution < 1.29 is 14.7 Å². The number of imidazole rings is 1. The molecule has 0 bridgehead atoms. The molecule has 2 saturated heterocycles. The Labute approximate surface area is 225 Å². The van der Waals surface area contributed by atoms with Crippen LogP contribution in [0.4, 0.5) is 4.79 Å². The van der Waals surface area contributed by atoms with Crippen LogP contribution >= 0.6 is 0 Å². The fourth-order valence-electron chi connectivity index (χ4n) is 5.95. The molecule has 2 fully saturated rings. The van der Waals surface area contributed by atoms with Crippen molar-refractivity contribution in [2.24, 2.45) is 0 Å². The number of amides is 2. The van der Waals surface area contributed by atoms with Crippen LogP contribution in [0.5, 0.6) is 0 Å². The van der Waals surface area contributed by atoms with Crippen molar-refractivity contribution in [1.29, 1.82) is 5.26 Å². The third-order valence-corrected chi connectivity index (χ3v) is 8.16. The molecule has 2 aromatic heterocycles. The molecule has 0 atom stereocenters. The number of rotatable bonds is 3. The zero-order chi connectivity index (χ0) is 27.0. The number of nitriles is 1. The summed E-state index contributed by atoms with van der Waals surface area (Å²) in [5.41, 5.74) is 4.95. The molecule has 0 saturated carbocycles.